The molecule has 0 aliphatic carbocycles. The zero-order valence-electron chi connectivity index (χ0n) is 11.5. The van der Waals surface area contributed by atoms with Crippen LogP contribution in [0.1, 0.15) is 12.8 Å². The molecule has 1 N–H and O–H groups in total. The minimum absolute atomic E-state index is 0.614. The second-order valence-electron chi connectivity index (χ2n) is 5.05. The highest BCUT2D eigenvalue weighted by atomic mass is 15.2. The van der Waals surface area contributed by atoms with Crippen molar-refractivity contribution in [1.29, 1.82) is 5.26 Å². The second kappa shape index (κ2) is 6.34. The van der Waals surface area contributed by atoms with Crippen LogP contribution >= 0.6 is 0 Å². The third kappa shape index (κ3) is 3.80. The molecule has 2 heterocycles. The Hall–Kier alpha value is -1.87. The zero-order valence-corrected chi connectivity index (χ0v) is 11.5. The third-order valence-electron chi connectivity index (χ3n) is 3.56. The number of likely N-dealkylation sites (tertiary alicyclic amines) is 1. The molecule has 1 aromatic rings. The minimum Gasteiger partial charge on any atom is -0.370 e. The van der Waals surface area contributed by atoms with Gasteiger partial charge in [-0.3, -0.25) is 4.90 Å². The molecule has 0 saturated carbocycles. The van der Waals surface area contributed by atoms with Gasteiger partial charge in [0, 0.05) is 19.7 Å². The Morgan fingerprint density at radius 1 is 1.47 bits per heavy atom. The molecule has 1 saturated heterocycles. The first kappa shape index (κ1) is 13.6. The van der Waals surface area contributed by atoms with Crippen molar-refractivity contribution in [3.8, 4) is 6.19 Å². The van der Waals surface area contributed by atoms with Gasteiger partial charge >= 0.3 is 0 Å². The summed E-state index contributed by atoms with van der Waals surface area (Å²) in [5.41, 5.74) is 0. The monoisotopic (exact) mass is 260 g/mol. The molecule has 102 valence electrons. The Bertz CT molecular complexity index is 447. The van der Waals surface area contributed by atoms with Crippen molar-refractivity contribution in [2.75, 3.05) is 43.9 Å². The van der Waals surface area contributed by atoms with Gasteiger partial charge in [-0.25, -0.2) is 9.97 Å². The predicted molar refractivity (Wildman–Crippen MR) is 74.8 cm³/mol. The van der Waals surface area contributed by atoms with Crippen LogP contribution in [0, 0.1) is 17.4 Å². The van der Waals surface area contributed by atoms with Crippen molar-refractivity contribution >= 4 is 11.6 Å². The van der Waals surface area contributed by atoms with E-state index in [2.05, 4.69) is 27.2 Å². The lowest BCUT2D eigenvalue weighted by molar-refractivity contribution is 0.226. The van der Waals surface area contributed by atoms with Gasteiger partial charge in [-0.2, -0.15) is 5.26 Å². The van der Waals surface area contributed by atoms with Gasteiger partial charge in [-0.1, -0.05) is 0 Å². The molecular formula is C13H20N6. The van der Waals surface area contributed by atoms with Crippen molar-refractivity contribution in [1.82, 2.24) is 14.9 Å². The number of nitrogens with zero attached hydrogens (tertiary/aromatic N) is 5. The van der Waals surface area contributed by atoms with Gasteiger partial charge in [0.15, 0.2) is 6.19 Å². The van der Waals surface area contributed by atoms with E-state index in [1.165, 1.54) is 37.2 Å². The summed E-state index contributed by atoms with van der Waals surface area (Å²) >= 11 is 0. The first-order valence-electron chi connectivity index (χ1n) is 6.57. The normalized spacial score (nSPS) is 16.9. The molecule has 0 atom stereocenters. The molecule has 0 radical (unpaired) electrons. The Morgan fingerprint density at radius 3 is 2.89 bits per heavy atom. The van der Waals surface area contributed by atoms with Crippen LogP contribution in [0.2, 0.25) is 0 Å². The zero-order chi connectivity index (χ0) is 13.7. The van der Waals surface area contributed by atoms with E-state index in [0.717, 1.165) is 12.4 Å². The summed E-state index contributed by atoms with van der Waals surface area (Å²) in [6.07, 6.45) is 5.96. The third-order valence-corrected chi connectivity index (χ3v) is 3.56. The van der Waals surface area contributed by atoms with Crippen LogP contribution in [0.4, 0.5) is 11.6 Å². The maximum atomic E-state index is 8.83. The molecular weight excluding hydrogens is 240 g/mol. The molecule has 6 nitrogen and oxygen atoms in total. The SMILES string of the molecule is CN1CCC(CNc2cc(N(C)C#N)ncn2)CC1. The maximum Gasteiger partial charge on any atom is 0.185 e. The summed E-state index contributed by atoms with van der Waals surface area (Å²) in [5.74, 6) is 2.10. The number of aromatic nitrogens is 2. The van der Waals surface area contributed by atoms with Gasteiger partial charge in [-0.15, -0.1) is 0 Å². The topological polar surface area (TPSA) is 68.1 Å². The fraction of sp³-hybridized carbons (Fsp3) is 0.615. The number of nitriles is 1. The van der Waals surface area contributed by atoms with Crippen molar-refractivity contribution in [2.45, 2.75) is 12.8 Å². The van der Waals surface area contributed by atoms with Gasteiger partial charge in [0.1, 0.15) is 18.0 Å². The Balaban J connectivity index is 1.88. The molecule has 0 bridgehead atoms. The predicted octanol–water partition coefficient (Wildman–Crippen LogP) is 1.15. The van der Waals surface area contributed by atoms with E-state index in [-0.39, 0.29) is 0 Å². The van der Waals surface area contributed by atoms with Crippen molar-refractivity contribution in [3.63, 3.8) is 0 Å². The van der Waals surface area contributed by atoms with Gasteiger partial charge in [0.05, 0.1) is 0 Å². The highest BCUT2D eigenvalue weighted by molar-refractivity contribution is 5.50. The van der Waals surface area contributed by atoms with Crippen molar-refractivity contribution in [3.05, 3.63) is 12.4 Å². The quantitative estimate of drug-likeness (QED) is 0.647. The highest BCUT2D eigenvalue weighted by Crippen LogP contribution is 2.17. The molecule has 0 amide bonds. The Labute approximate surface area is 114 Å². The van der Waals surface area contributed by atoms with E-state index >= 15 is 0 Å². The van der Waals surface area contributed by atoms with E-state index in [0.29, 0.717) is 11.7 Å². The van der Waals surface area contributed by atoms with Crippen LogP contribution in [-0.2, 0) is 0 Å². The van der Waals surface area contributed by atoms with E-state index in [9.17, 15) is 0 Å². The molecule has 1 aromatic heterocycles. The fourth-order valence-electron chi connectivity index (χ4n) is 2.19. The Kier molecular flexibility index (Phi) is 4.53. The molecule has 0 aromatic carbocycles. The summed E-state index contributed by atoms with van der Waals surface area (Å²) in [5, 5.41) is 12.2. The molecule has 2 rings (SSSR count). The van der Waals surface area contributed by atoms with E-state index in [1.54, 1.807) is 13.1 Å². The van der Waals surface area contributed by atoms with E-state index < -0.39 is 0 Å². The lowest BCUT2D eigenvalue weighted by Gasteiger charge is -2.29. The van der Waals surface area contributed by atoms with E-state index in [4.69, 9.17) is 5.26 Å². The van der Waals surface area contributed by atoms with Crippen LogP contribution in [0.25, 0.3) is 0 Å². The number of anilines is 2. The molecule has 0 unspecified atom stereocenters. The van der Waals surface area contributed by atoms with Gasteiger partial charge in [0.25, 0.3) is 0 Å². The van der Waals surface area contributed by atoms with Crippen LogP contribution < -0.4 is 10.2 Å². The highest BCUT2D eigenvalue weighted by Gasteiger charge is 2.16. The van der Waals surface area contributed by atoms with Crippen LogP contribution in [0.5, 0.6) is 0 Å². The average Bonchev–Trinajstić information content (AvgIpc) is 2.46. The minimum atomic E-state index is 0.614. The number of hydrogen-bond donors (Lipinski definition) is 1. The fourth-order valence-corrected chi connectivity index (χ4v) is 2.19. The van der Waals surface area contributed by atoms with Crippen LogP contribution in [0.15, 0.2) is 12.4 Å². The first-order valence-corrected chi connectivity index (χ1v) is 6.57. The molecule has 6 heteroatoms. The van der Waals surface area contributed by atoms with Crippen molar-refractivity contribution < 1.29 is 0 Å². The van der Waals surface area contributed by atoms with Gasteiger partial charge in [-0.05, 0) is 38.9 Å². The molecule has 1 fully saturated rings. The maximum absolute atomic E-state index is 8.83. The second-order valence-corrected chi connectivity index (χ2v) is 5.05. The summed E-state index contributed by atoms with van der Waals surface area (Å²) in [6, 6.07) is 1.80. The lowest BCUT2D eigenvalue weighted by Crippen LogP contribution is -2.33. The summed E-state index contributed by atoms with van der Waals surface area (Å²) in [7, 11) is 3.85. The van der Waals surface area contributed by atoms with Gasteiger partial charge in [0.2, 0.25) is 0 Å². The molecule has 19 heavy (non-hydrogen) atoms. The summed E-state index contributed by atoms with van der Waals surface area (Å²) in [4.78, 5) is 12.0. The van der Waals surface area contributed by atoms with Crippen LogP contribution in [0.3, 0.4) is 0 Å². The van der Waals surface area contributed by atoms with Crippen LogP contribution in [-0.4, -0.2) is 48.6 Å². The number of nitrogens with one attached hydrogen (secondary N) is 1. The van der Waals surface area contributed by atoms with Crippen molar-refractivity contribution in [2.24, 2.45) is 5.92 Å². The number of rotatable bonds is 4. The van der Waals surface area contributed by atoms with E-state index in [1.807, 2.05) is 6.19 Å². The van der Waals surface area contributed by atoms with Gasteiger partial charge < -0.3 is 10.2 Å². The first-order chi connectivity index (χ1) is 9.19. The molecule has 1 aliphatic heterocycles. The lowest BCUT2D eigenvalue weighted by atomic mass is 9.97. The molecule has 0 spiro atoms. The number of piperidine rings is 1. The average molecular weight is 260 g/mol. The largest absolute Gasteiger partial charge is 0.370 e. The molecule has 1 aliphatic rings. The Morgan fingerprint density at radius 2 is 2.21 bits per heavy atom. The smallest absolute Gasteiger partial charge is 0.185 e. The summed E-state index contributed by atoms with van der Waals surface area (Å²) < 4.78 is 0. The number of hydrogen-bond acceptors (Lipinski definition) is 6. The standard InChI is InChI=1S/C13H20N6/c1-18-5-3-11(4-6-18)8-15-12-7-13(17-10-16-12)19(2)9-14/h7,10-11H,3-6,8H2,1-2H3,(H,15,16,17). The summed E-state index contributed by atoms with van der Waals surface area (Å²) in [6.45, 7) is 3.26.